The lowest BCUT2D eigenvalue weighted by molar-refractivity contribution is -0.644. The SMILES string of the molecule is CCCl.CCOCOc1ccc2sc(C(OC)=C3C4CC5CC(C4)CC3C5)cc2c1Cl.CCOCOc1ccc2sc(C3(OC)OOC34C3CC5CC(C3)CC4C5)cc2c1Cl. The van der Waals surface area contributed by atoms with Crippen molar-refractivity contribution in [2.75, 3.05) is 46.9 Å². The fourth-order valence-electron chi connectivity index (χ4n) is 12.7. The van der Waals surface area contributed by atoms with Gasteiger partial charge in [-0.05, 0) is 167 Å². The maximum absolute atomic E-state index is 6.70. The van der Waals surface area contributed by atoms with Gasteiger partial charge in [-0.1, -0.05) is 30.1 Å². The normalized spacial score (nSPS) is 32.4. The molecule has 1 spiro atoms. The maximum atomic E-state index is 6.70. The summed E-state index contributed by atoms with van der Waals surface area (Å²) >= 11 is 21.8. The molecule has 61 heavy (non-hydrogen) atoms. The fraction of sp³-hybridized carbons (Fsp3) is 0.625. The first kappa shape index (κ1) is 44.4. The zero-order valence-corrected chi connectivity index (χ0v) is 39.8. The van der Waals surface area contributed by atoms with Crippen LogP contribution < -0.4 is 9.47 Å². The van der Waals surface area contributed by atoms with Crippen molar-refractivity contribution in [3.8, 4) is 11.5 Å². The van der Waals surface area contributed by atoms with Gasteiger partial charge in [0, 0.05) is 46.4 Å². The molecule has 0 N–H and O–H groups in total. The summed E-state index contributed by atoms with van der Waals surface area (Å²) in [6.45, 7) is 7.40. The second-order valence-electron chi connectivity index (χ2n) is 18.0. The van der Waals surface area contributed by atoms with E-state index < -0.39 is 5.79 Å². The molecule has 1 atom stereocenters. The Bertz CT molecular complexity index is 2160. The van der Waals surface area contributed by atoms with Crippen LogP contribution in [0.1, 0.15) is 94.7 Å². The van der Waals surface area contributed by atoms with Crippen LogP contribution in [0.3, 0.4) is 0 Å². The standard InChI is InChI=1S/C23H27ClO5S.C23H27ClO3S.C2H5Cl/c1-3-26-12-27-18-4-5-19-17(21(18)24)11-20(30-19)23(25-2)22(28-29-23)15-7-13-6-14(9-15)10-16(22)8-13;1-3-26-12-27-18-4-5-19-17(22(18)24)11-20(28-19)23(25-2)21-15-7-13-6-14(9-15)10-16(21)8-13;1-2-3/h4-5,11,13-16H,3,6-10,12H2,1-2H3;4-5,11,13-16H,3,6-10,12H2,1-2H3;2H2,1H3. The molecule has 8 nitrogen and oxygen atoms in total. The fourth-order valence-corrected chi connectivity index (χ4v) is 15.7. The predicted octanol–water partition coefficient (Wildman–Crippen LogP) is 13.9. The van der Waals surface area contributed by atoms with Crippen LogP contribution >= 0.6 is 57.5 Å². The van der Waals surface area contributed by atoms with Crippen LogP contribution in [0.5, 0.6) is 11.5 Å². The van der Waals surface area contributed by atoms with E-state index in [9.17, 15) is 0 Å². The van der Waals surface area contributed by atoms with Crippen LogP contribution in [-0.4, -0.2) is 52.5 Å². The third-order valence-corrected chi connectivity index (χ3v) is 17.7. The van der Waals surface area contributed by atoms with E-state index in [4.69, 9.17) is 73.0 Å². The Morgan fingerprint density at radius 3 is 1.62 bits per heavy atom. The van der Waals surface area contributed by atoms with Gasteiger partial charge < -0.3 is 28.4 Å². The van der Waals surface area contributed by atoms with Crippen molar-refractivity contribution in [1.29, 1.82) is 0 Å². The smallest absolute Gasteiger partial charge is 0.269 e. The molecular formula is C48H59Cl3O8S2. The molecule has 0 amide bonds. The summed E-state index contributed by atoms with van der Waals surface area (Å²) in [5, 5.41) is 3.25. The minimum Gasteiger partial charge on any atom is -0.495 e. The molecule has 9 aliphatic rings. The van der Waals surface area contributed by atoms with Crippen LogP contribution in [0, 0.1) is 47.3 Å². The summed E-state index contributed by atoms with van der Waals surface area (Å²) in [6, 6.07) is 12.3. The third kappa shape index (κ3) is 7.82. The molecule has 9 fully saturated rings. The van der Waals surface area contributed by atoms with Crippen molar-refractivity contribution >= 4 is 83.4 Å². The summed E-state index contributed by atoms with van der Waals surface area (Å²) in [7, 11) is 3.58. The largest absolute Gasteiger partial charge is 0.495 e. The average Bonchev–Trinajstić information content (AvgIpc) is 3.87. The molecule has 13 heteroatoms. The molecule has 0 radical (unpaired) electrons. The van der Waals surface area contributed by atoms with Gasteiger partial charge in [-0.15, -0.1) is 34.3 Å². The van der Waals surface area contributed by atoms with Crippen LogP contribution in [0.2, 0.25) is 10.0 Å². The van der Waals surface area contributed by atoms with Crippen molar-refractivity contribution in [2.24, 2.45) is 47.3 Å². The van der Waals surface area contributed by atoms with Gasteiger partial charge in [0.25, 0.3) is 5.79 Å². The van der Waals surface area contributed by atoms with Gasteiger partial charge in [-0.2, -0.15) is 4.89 Å². The van der Waals surface area contributed by atoms with Crippen molar-refractivity contribution in [1.82, 2.24) is 0 Å². The number of rotatable bonds is 12. The number of benzene rings is 2. The lowest BCUT2D eigenvalue weighted by atomic mass is 9.47. The number of hydrogen-bond donors (Lipinski definition) is 0. The van der Waals surface area contributed by atoms with Gasteiger partial charge in [0.1, 0.15) is 17.3 Å². The highest BCUT2D eigenvalue weighted by atomic mass is 35.5. The number of hydrogen-bond acceptors (Lipinski definition) is 10. The Kier molecular flexibility index (Phi) is 13.5. The molecule has 13 rings (SSSR count). The molecule has 8 aliphatic carbocycles. The van der Waals surface area contributed by atoms with Gasteiger partial charge in [-0.3, -0.25) is 0 Å². The number of alkyl halides is 1. The van der Waals surface area contributed by atoms with Crippen LogP contribution in [0.15, 0.2) is 42.0 Å². The number of thiophene rings is 2. The Hall–Kier alpha value is -1.83. The summed E-state index contributed by atoms with van der Waals surface area (Å²) in [5.74, 6) is 8.31. The molecule has 8 saturated carbocycles. The molecule has 1 saturated heterocycles. The number of allylic oxidation sites excluding steroid dienone is 1. The van der Waals surface area contributed by atoms with E-state index in [-0.39, 0.29) is 19.2 Å². The van der Waals surface area contributed by atoms with Crippen molar-refractivity contribution < 1.29 is 38.2 Å². The summed E-state index contributed by atoms with van der Waals surface area (Å²) in [6.07, 6.45) is 13.2. The van der Waals surface area contributed by atoms with E-state index in [0.717, 1.165) is 67.5 Å². The first-order valence-corrected chi connectivity index (χ1v) is 25.2. The molecule has 8 bridgehead atoms. The maximum Gasteiger partial charge on any atom is 0.269 e. The molecule has 3 heterocycles. The quantitative estimate of drug-likeness (QED) is 0.0457. The Morgan fingerprint density at radius 1 is 0.672 bits per heavy atom. The van der Waals surface area contributed by atoms with E-state index >= 15 is 0 Å². The molecule has 332 valence electrons. The van der Waals surface area contributed by atoms with E-state index in [1.807, 2.05) is 46.1 Å². The van der Waals surface area contributed by atoms with Gasteiger partial charge >= 0.3 is 0 Å². The lowest BCUT2D eigenvalue weighted by Crippen LogP contribution is -2.76. The molecular weight excluding hydrogens is 875 g/mol. The van der Waals surface area contributed by atoms with E-state index in [1.165, 1.54) is 73.8 Å². The minimum atomic E-state index is -0.852. The second-order valence-corrected chi connectivity index (χ2v) is 21.4. The number of halogens is 3. The van der Waals surface area contributed by atoms with Gasteiger partial charge in [0.2, 0.25) is 0 Å². The third-order valence-electron chi connectivity index (χ3n) is 14.7. The first-order chi connectivity index (χ1) is 29.7. The van der Waals surface area contributed by atoms with E-state index in [1.54, 1.807) is 35.4 Å². The Labute approximate surface area is 383 Å². The van der Waals surface area contributed by atoms with Crippen molar-refractivity contribution in [2.45, 2.75) is 96.4 Å². The Morgan fingerprint density at radius 2 is 1.16 bits per heavy atom. The zero-order chi connectivity index (χ0) is 42.5. The van der Waals surface area contributed by atoms with Crippen molar-refractivity contribution in [3.05, 3.63) is 61.8 Å². The number of fused-ring (bicyclic) bond motifs is 2. The second kappa shape index (κ2) is 18.6. The van der Waals surface area contributed by atoms with Gasteiger partial charge in [-0.25, -0.2) is 4.89 Å². The highest BCUT2D eigenvalue weighted by Crippen LogP contribution is 2.70. The molecule has 4 aromatic rings. The van der Waals surface area contributed by atoms with Gasteiger partial charge in [0.05, 0.1) is 26.9 Å². The molecule has 1 unspecified atom stereocenters. The minimum absolute atomic E-state index is 0.187. The molecule has 2 aromatic carbocycles. The Balaban J connectivity index is 0.000000147. The monoisotopic (exact) mass is 932 g/mol. The summed E-state index contributed by atoms with van der Waals surface area (Å²) < 4.78 is 36.5. The molecule has 2 aromatic heterocycles. The van der Waals surface area contributed by atoms with Gasteiger partial charge in [0.15, 0.2) is 19.2 Å². The van der Waals surface area contributed by atoms with Crippen LogP contribution in [0.25, 0.3) is 25.9 Å². The topological polar surface area (TPSA) is 73.8 Å². The summed E-state index contributed by atoms with van der Waals surface area (Å²) in [4.78, 5) is 14.2. The summed E-state index contributed by atoms with van der Waals surface area (Å²) in [5.41, 5.74) is 1.21. The van der Waals surface area contributed by atoms with Crippen molar-refractivity contribution in [3.63, 3.8) is 0 Å². The van der Waals surface area contributed by atoms with E-state index in [0.29, 0.717) is 46.6 Å². The van der Waals surface area contributed by atoms with Crippen LogP contribution in [-0.2, 0) is 34.5 Å². The highest BCUT2D eigenvalue weighted by molar-refractivity contribution is 7.20. The highest BCUT2D eigenvalue weighted by Gasteiger charge is 2.77. The zero-order valence-electron chi connectivity index (χ0n) is 35.9. The number of ether oxygens (including phenoxy) is 6. The lowest BCUT2D eigenvalue weighted by Gasteiger charge is -2.68. The van der Waals surface area contributed by atoms with E-state index in [2.05, 4.69) is 18.2 Å². The van der Waals surface area contributed by atoms with Crippen LogP contribution in [0.4, 0.5) is 0 Å². The average molecular weight is 934 g/mol. The number of methoxy groups -OCH3 is 2. The molecule has 1 aliphatic heterocycles. The predicted molar refractivity (Wildman–Crippen MR) is 246 cm³/mol. The first-order valence-electron chi connectivity index (χ1n) is 22.3.